The van der Waals surface area contributed by atoms with Crippen molar-refractivity contribution in [1.29, 1.82) is 5.26 Å². The number of esters is 1. The number of hydrogen-bond donors (Lipinski definition) is 0. The number of rotatable bonds is 3. The SMILES string of the molecule is C[C@@H](C#N)OC(=O)c1cc2c(cc1[N+](=O)[O-])OCO2. The molecule has 0 radical (unpaired) electrons. The number of nitriles is 1. The van der Waals surface area contributed by atoms with E-state index in [9.17, 15) is 14.9 Å². The minimum absolute atomic E-state index is 0.0699. The third-order valence-corrected chi connectivity index (χ3v) is 2.37. The molecule has 0 saturated carbocycles. The number of nitro benzene ring substituents is 1. The molecule has 0 fully saturated rings. The van der Waals surface area contributed by atoms with E-state index in [4.69, 9.17) is 19.5 Å². The second kappa shape index (κ2) is 4.81. The lowest BCUT2D eigenvalue weighted by molar-refractivity contribution is -0.385. The summed E-state index contributed by atoms with van der Waals surface area (Å²) in [6.45, 7) is 1.29. The van der Waals surface area contributed by atoms with E-state index in [2.05, 4.69) is 0 Å². The molecule has 0 aromatic heterocycles. The van der Waals surface area contributed by atoms with Crippen LogP contribution >= 0.6 is 0 Å². The number of carbonyl (C=O) groups is 1. The monoisotopic (exact) mass is 264 g/mol. The molecule has 1 aliphatic heterocycles. The average molecular weight is 264 g/mol. The number of fused-ring (bicyclic) bond motifs is 1. The fourth-order valence-electron chi connectivity index (χ4n) is 1.50. The lowest BCUT2D eigenvalue weighted by Crippen LogP contribution is -2.14. The minimum atomic E-state index is -1.00. The summed E-state index contributed by atoms with van der Waals surface area (Å²) in [5.41, 5.74) is -0.740. The van der Waals surface area contributed by atoms with Crippen LogP contribution in [0.2, 0.25) is 0 Å². The molecule has 1 aliphatic rings. The summed E-state index contributed by atoms with van der Waals surface area (Å²) < 4.78 is 14.8. The Morgan fingerprint density at radius 3 is 2.74 bits per heavy atom. The topological polar surface area (TPSA) is 112 Å². The number of carbonyl (C=O) groups excluding carboxylic acids is 1. The Kier molecular flexibility index (Phi) is 3.20. The summed E-state index contributed by atoms with van der Waals surface area (Å²) in [5.74, 6) is -0.544. The molecule has 0 amide bonds. The van der Waals surface area contributed by atoms with Crippen LogP contribution in [0.15, 0.2) is 12.1 Å². The van der Waals surface area contributed by atoms with Gasteiger partial charge in [0, 0.05) is 6.07 Å². The van der Waals surface area contributed by atoms with Gasteiger partial charge >= 0.3 is 5.97 Å². The number of hydrogen-bond acceptors (Lipinski definition) is 7. The van der Waals surface area contributed by atoms with Crippen LogP contribution in [0, 0.1) is 21.4 Å². The smallest absolute Gasteiger partial charge is 0.346 e. The summed E-state index contributed by atoms with van der Waals surface area (Å²) >= 11 is 0. The van der Waals surface area contributed by atoms with Crippen LogP contribution in [0.25, 0.3) is 0 Å². The molecular weight excluding hydrogens is 256 g/mol. The molecule has 98 valence electrons. The van der Waals surface area contributed by atoms with Crippen molar-refractivity contribution >= 4 is 11.7 Å². The van der Waals surface area contributed by atoms with Crippen LogP contribution in [-0.2, 0) is 4.74 Å². The second-order valence-electron chi connectivity index (χ2n) is 3.66. The predicted octanol–water partition coefficient (Wildman–Crippen LogP) is 1.39. The molecule has 1 aromatic rings. The van der Waals surface area contributed by atoms with Gasteiger partial charge in [-0.15, -0.1) is 0 Å². The van der Waals surface area contributed by atoms with Crippen molar-refractivity contribution < 1.29 is 23.9 Å². The first-order chi connectivity index (χ1) is 9.02. The van der Waals surface area contributed by atoms with E-state index in [1.807, 2.05) is 0 Å². The van der Waals surface area contributed by atoms with Crippen molar-refractivity contribution in [3.8, 4) is 17.6 Å². The van der Waals surface area contributed by atoms with Gasteiger partial charge in [0.2, 0.25) is 6.79 Å². The Balaban J connectivity index is 2.41. The van der Waals surface area contributed by atoms with Crippen molar-refractivity contribution in [2.24, 2.45) is 0 Å². The zero-order valence-electron chi connectivity index (χ0n) is 9.78. The summed E-state index contributed by atoms with van der Waals surface area (Å²) in [6.07, 6.45) is -1.00. The Bertz CT molecular complexity index is 592. The Morgan fingerprint density at radius 1 is 1.53 bits per heavy atom. The van der Waals surface area contributed by atoms with E-state index in [-0.39, 0.29) is 23.9 Å². The van der Waals surface area contributed by atoms with Crippen molar-refractivity contribution in [3.05, 3.63) is 27.8 Å². The third kappa shape index (κ3) is 2.40. The lowest BCUT2D eigenvalue weighted by Gasteiger charge is -2.07. The van der Waals surface area contributed by atoms with Gasteiger partial charge in [0.05, 0.1) is 11.0 Å². The molecular formula is C11H8N2O6. The molecule has 0 bridgehead atoms. The van der Waals surface area contributed by atoms with Crippen LogP contribution in [0.3, 0.4) is 0 Å². The van der Waals surface area contributed by atoms with E-state index >= 15 is 0 Å². The highest BCUT2D eigenvalue weighted by atomic mass is 16.7. The van der Waals surface area contributed by atoms with Gasteiger partial charge in [0.15, 0.2) is 17.6 Å². The van der Waals surface area contributed by atoms with Gasteiger partial charge in [0.1, 0.15) is 11.6 Å². The van der Waals surface area contributed by atoms with Crippen LogP contribution in [-0.4, -0.2) is 23.8 Å². The van der Waals surface area contributed by atoms with Crippen molar-refractivity contribution in [2.75, 3.05) is 6.79 Å². The van der Waals surface area contributed by atoms with Gasteiger partial charge in [-0.1, -0.05) is 0 Å². The number of benzene rings is 1. The van der Waals surface area contributed by atoms with Gasteiger partial charge in [-0.05, 0) is 6.92 Å². The maximum absolute atomic E-state index is 11.8. The van der Waals surface area contributed by atoms with Gasteiger partial charge in [-0.2, -0.15) is 5.26 Å². The minimum Gasteiger partial charge on any atom is -0.454 e. The van der Waals surface area contributed by atoms with Crippen molar-refractivity contribution in [1.82, 2.24) is 0 Å². The van der Waals surface area contributed by atoms with Gasteiger partial charge in [0.25, 0.3) is 5.69 Å². The van der Waals surface area contributed by atoms with E-state index in [0.29, 0.717) is 0 Å². The largest absolute Gasteiger partial charge is 0.454 e. The quantitative estimate of drug-likeness (QED) is 0.460. The molecule has 8 nitrogen and oxygen atoms in total. The highest BCUT2D eigenvalue weighted by Crippen LogP contribution is 2.38. The van der Waals surface area contributed by atoms with E-state index in [1.165, 1.54) is 13.0 Å². The second-order valence-corrected chi connectivity index (χ2v) is 3.66. The summed E-state index contributed by atoms with van der Waals surface area (Å²) in [4.78, 5) is 22.0. The molecule has 0 spiro atoms. The first-order valence-corrected chi connectivity index (χ1v) is 5.21. The average Bonchev–Trinajstić information content (AvgIpc) is 2.83. The Morgan fingerprint density at radius 2 is 2.16 bits per heavy atom. The number of nitro groups is 1. The molecule has 2 rings (SSSR count). The van der Waals surface area contributed by atoms with Crippen LogP contribution in [0.1, 0.15) is 17.3 Å². The van der Waals surface area contributed by atoms with E-state index in [0.717, 1.165) is 6.07 Å². The summed E-state index contributed by atoms with van der Waals surface area (Å²) in [7, 11) is 0. The molecule has 0 saturated heterocycles. The van der Waals surface area contributed by atoms with Crippen molar-refractivity contribution in [3.63, 3.8) is 0 Å². The van der Waals surface area contributed by atoms with Crippen LogP contribution in [0.4, 0.5) is 5.69 Å². The van der Waals surface area contributed by atoms with Crippen molar-refractivity contribution in [2.45, 2.75) is 13.0 Å². The maximum atomic E-state index is 11.8. The van der Waals surface area contributed by atoms with E-state index < -0.39 is 22.7 Å². The number of ether oxygens (including phenoxy) is 3. The third-order valence-electron chi connectivity index (χ3n) is 2.37. The number of nitrogens with zero attached hydrogens (tertiary/aromatic N) is 2. The van der Waals surface area contributed by atoms with Gasteiger partial charge < -0.3 is 14.2 Å². The molecule has 0 N–H and O–H groups in total. The maximum Gasteiger partial charge on any atom is 0.346 e. The Hall–Kier alpha value is -2.82. The van der Waals surface area contributed by atoms with Crippen LogP contribution < -0.4 is 9.47 Å². The zero-order chi connectivity index (χ0) is 14.0. The first kappa shape index (κ1) is 12.6. The Labute approximate surface area is 107 Å². The van der Waals surface area contributed by atoms with Gasteiger partial charge in [-0.3, -0.25) is 10.1 Å². The lowest BCUT2D eigenvalue weighted by atomic mass is 10.1. The van der Waals surface area contributed by atoms with E-state index in [1.54, 1.807) is 6.07 Å². The predicted molar refractivity (Wildman–Crippen MR) is 59.7 cm³/mol. The zero-order valence-corrected chi connectivity index (χ0v) is 9.78. The molecule has 1 aromatic carbocycles. The highest BCUT2D eigenvalue weighted by Gasteiger charge is 2.28. The summed E-state index contributed by atoms with van der Waals surface area (Å²) in [6, 6.07) is 3.96. The molecule has 0 unspecified atom stereocenters. The van der Waals surface area contributed by atoms with Gasteiger partial charge in [-0.25, -0.2) is 4.79 Å². The molecule has 0 aliphatic carbocycles. The highest BCUT2D eigenvalue weighted by molar-refractivity contribution is 5.95. The molecule has 8 heteroatoms. The fourth-order valence-corrected chi connectivity index (χ4v) is 1.50. The summed E-state index contributed by atoms with van der Waals surface area (Å²) in [5, 5.41) is 19.5. The van der Waals surface area contributed by atoms with Crippen LogP contribution in [0.5, 0.6) is 11.5 Å². The standard InChI is InChI=1S/C11H8N2O6/c1-6(4-12)19-11(14)7-2-9-10(18-5-17-9)3-8(7)13(15)16/h2-3,6H,5H2,1H3/t6-/m0/s1. The first-order valence-electron chi connectivity index (χ1n) is 5.21. The fraction of sp³-hybridized carbons (Fsp3) is 0.273. The molecule has 19 heavy (non-hydrogen) atoms. The molecule has 1 heterocycles. The molecule has 1 atom stereocenters. The normalized spacial score (nSPS) is 13.5.